The van der Waals surface area contributed by atoms with Crippen LogP contribution in [-0.2, 0) is 11.2 Å². The SMILES string of the molecule is Cc1cc2c(o1)CC(C)(C)CC2NC(=O)CCNc1ncccn1. The molecular formula is C18H24N4O2. The van der Waals surface area contributed by atoms with Crippen molar-refractivity contribution >= 4 is 11.9 Å². The largest absolute Gasteiger partial charge is 0.466 e. The molecule has 1 amide bonds. The van der Waals surface area contributed by atoms with Crippen molar-refractivity contribution in [2.45, 2.75) is 46.1 Å². The standard InChI is InChI=1S/C18H24N4O2/c1-12-9-13-14(10-18(2,3)11-15(13)24-12)22-16(23)5-8-21-17-19-6-4-7-20-17/h4,6-7,9,14H,5,8,10-11H2,1-3H3,(H,22,23)(H,19,20,21). The quantitative estimate of drug-likeness (QED) is 0.882. The maximum Gasteiger partial charge on any atom is 0.222 e. The first-order valence-electron chi connectivity index (χ1n) is 8.32. The maximum absolute atomic E-state index is 12.3. The fourth-order valence-corrected chi connectivity index (χ4v) is 3.26. The minimum absolute atomic E-state index is 0.0154. The lowest BCUT2D eigenvalue weighted by Crippen LogP contribution is -2.36. The summed E-state index contributed by atoms with van der Waals surface area (Å²) in [6, 6.07) is 3.82. The van der Waals surface area contributed by atoms with Crippen molar-refractivity contribution in [3.63, 3.8) is 0 Å². The van der Waals surface area contributed by atoms with E-state index in [0.717, 1.165) is 29.9 Å². The number of carbonyl (C=O) groups excluding carboxylic acids is 1. The van der Waals surface area contributed by atoms with Gasteiger partial charge in [0.1, 0.15) is 11.5 Å². The third-order valence-electron chi connectivity index (χ3n) is 4.27. The van der Waals surface area contributed by atoms with E-state index in [1.54, 1.807) is 18.5 Å². The maximum atomic E-state index is 12.3. The zero-order valence-corrected chi connectivity index (χ0v) is 14.4. The highest BCUT2D eigenvalue weighted by Gasteiger charge is 2.35. The molecule has 0 fully saturated rings. The Balaban J connectivity index is 1.57. The van der Waals surface area contributed by atoms with Crippen molar-refractivity contribution < 1.29 is 9.21 Å². The van der Waals surface area contributed by atoms with E-state index in [2.05, 4.69) is 34.4 Å². The summed E-state index contributed by atoms with van der Waals surface area (Å²) in [6.07, 6.45) is 5.54. The fraction of sp³-hybridized carbons (Fsp3) is 0.500. The first kappa shape index (κ1) is 16.5. The third kappa shape index (κ3) is 3.93. The van der Waals surface area contributed by atoms with Gasteiger partial charge in [-0.1, -0.05) is 13.8 Å². The van der Waals surface area contributed by atoms with Gasteiger partial charge in [-0.2, -0.15) is 0 Å². The summed E-state index contributed by atoms with van der Waals surface area (Å²) in [7, 11) is 0. The van der Waals surface area contributed by atoms with Gasteiger partial charge < -0.3 is 15.1 Å². The van der Waals surface area contributed by atoms with Crippen LogP contribution >= 0.6 is 0 Å². The number of nitrogens with zero attached hydrogens (tertiary/aromatic N) is 2. The molecular weight excluding hydrogens is 304 g/mol. The lowest BCUT2D eigenvalue weighted by atomic mass is 9.74. The number of fused-ring (bicyclic) bond motifs is 1. The van der Waals surface area contributed by atoms with Gasteiger partial charge in [0.15, 0.2) is 0 Å². The molecule has 0 aliphatic heterocycles. The zero-order chi connectivity index (χ0) is 17.2. The Kier molecular flexibility index (Phi) is 4.55. The highest BCUT2D eigenvalue weighted by Crippen LogP contribution is 2.41. The molecule has 2 aromatic heterocycles. The number of rotatable bonds is 5. The summed E-state index contributed by atoms with van der Waals surface area (Å²) in [4.78, 5) is 20.5. The number of anilines is 1. The predicted octanol–water partition coefficient (Wildman–Crippen LogP) is 3.01. The fourth-order valence-electron chi connectivity index (χ4n) is 3.26. The topological polar surface area (TPSA) is 80.0 Å². The molecule has 1 atom stereocenters. The van der Waals surface area contributed by atoms with Gasteiger partial charge in [0.25, 0.3) is 0 Å². The van der Waals surface area contributed by atoms with Crippen LogP contribution in [0.5, 0.6) is 0 Å². The molecule has 3 rings (SSSR count). The van der Waals surface area contributed by atoms with Crippen molar-refractivity contribution in [1.82, 2.24) is 15.3 Å². The highest BCUT2D eigenvalue weighted by atomic mass is 16.3. The molecule has 0 spiro atoms. The van der Waals surface area contributed by atoms with Gasteiger partial charge in [0, 0.05) is 37.3 Å². The number of amides is 1. The number of hydrogen-bond donors (Lipinski definition) is 2. The molecule has 0 radical (unpaired) electrons. The average molecular weight is 328 g/mol. The number of furan rings is 1. The van der Waals surface area contributed by atoms with Crippen molar-refractivity contribution in [2.24, 2.45) is 5.41 Å². The van der Waals surface area contributed by atoms with Crippen LogP contribution < -0.4 is 10.6 Å². The lowest BCUT2D eigenvalue weighted by Gasteiger charge is -2.34. The van der Waals surface area contributed by atoms with Gasteiger partial charge in [-0.3, -0.25) is 4.79 Å². The molecule has 0 bridgehead atoms. The Morgan fingerprint density at radius 2 is 2.12 bits per heavy atom. The Bertz CT molecular complexity index is 709. The normalized spacial score (nSPS) is 18.7. The molecule has 0 saturated carbocycles. The smallest absolute Gasteiger partial charge is 0.222 e. The second kappa shape index (κ2) is 6.63. The van der Waals surface area contributed by atoms with Crippen molar-refractivity contribution in [3.05, 3.63) is 41.6 Å². The van der Waals surface area contributed by atoms with Gasteiger partial charge in [0.05, 0.1) is 6.04 Å². The van der Waals surface area contributed by atoms with E-state index >= 15 is 0 Å². The van der Waals surface area contributed by atoms with Crippen molar-refractivity contribution in [3.8, 4) is 0 Å². The van der Waals surface area contributed by atoms with Gasteiger partial charge in [-0.25, -0.2) is 9.97 Å². The van der Waals surface area contributed by atoms with E-state index < -0.39 is 0 Å². The Labute approximate surface area is 142 Å². The number of hydrogen-bond acceptors (Lipinski definition) is 5. The molecule has 2 heterocycles. The number of carbonyl (C=O) groups is 1. The van der Waals surface area contributed by atoms with E-state index in [9.17, 15) is 4.79 Å². The van der Waals surface area contributed by atoms with Crippen LogP contribution in [0.15, 0.2) is 28.9 Å². The molecule has 2 aromatic rings. The van der Waals surface area contributed by atoms with Crippen LogP contribution in [-0.4, -0.2) is 22.4 Å². The van der Waals surface area contributed by atoms with Crippen molar-refractivity contribution in [1.29, 1.82) is 0 Å². The van der Waals surface area contributed by atoms with Crippen LogP contribution in [0.1, 0.15) is 49.8 Å². The Morgan fingerprint density at radius 3 is 2.88 bits per heavy atom. The van der Waals surface area contributed by atoms with Crippen LogP contribution in [0.25, 0.3) is 0 Å². The van der Waals surface area contributed by atoms with Crippen LogP contribution in [0.3, 0.4) is 0 Å². The zero-order valence-electron chi connectivity index (χ0n) is 14.4. The third-order valence-corrected chi connectivity index (χ3v) is 4.27. The molecule has 128 valence electrons. The van der Waals surface area contributed by atoms with Gasteiger partial charge in [-0.15, -0.1) is 0 Å². The van der Waals surface area contributed by atoms with E-state index in [1.807, 2.05) is 13.0 Å². The lowest BCUT2D eigenvalue weighted by molar-refractivity contribution is -0.121. The molecule has 1 aliphatic rings. The molecule has 0 saturated heterocycles. The summed E-state index contributed by atoms with van der Waals surface area (Å²) in [5, 5.41) is 6.20. The van der Waals surface area contributed by atoms with E-state index in [4.69, 9.17) is 4.42 Å². The molecule has 24 heavy (non-hydrogen) atoms. The van der Waals surface area contributed by atoms with Crippen LogP contribution in [0, 0.1) is 12.3 Å². The first-order valence-corrected chi connectivity index (χ1v) is 8.32. The van der Waals surface area contributed by atoms with Crippen LogP contribution in [0.4, 0.5) is 5.95 Å². The Morgan fingerprint density at radius 1 is 1.38 bits per heavy atom. The number of aryl methyl sites for hydroxylation is 1. The minimum Gasteiger partial charge on any atom is -0.466 e. The highest BCUT2D eigenvalue weighted by molar-refractivity contribution is 5.77. The predicted molar refractivity (Wildman–Crippen MR) is 91.6 cm³/mol. The van der Waals surface area contributed by atoms with Gasteiger partial charge >= 0.3 is 0 Å². The van der Waals surface area contributed by atoms with E-state index in [1.165, 1.54) is 0 Å². The van der Waals surface area contributed by atoms with Gasteiger partial charge in [0.2, 0.25) is 11.9 Å². The summed E-state index contributed by atoms with van der Waals surface area (Å²) in [5.74, 6) is 2.47. The molecule has 6 nitrogen and oxygen atoms in total. The monoisotopic (exact) mass is 328 g/mol. The number of nitrogens with one attached hydrogen (secondary N) is 2. The van der Waals surface area contributed by atoms with Crippen LogP contribution in [0.2, 0.25) is 0 Å². The second-order valence-corrected chi connectivity index (χ2v) is 7.15. The van der Waals surface area contributed by atoms with E-state index in [-0.39, 0.29) is 17.4 Å². The average Bonchev–Trinajstić information content (AvgIpc) is 2.87. The molecule has 0 aromatic carbocycles. The summed E-state index contributed by atoms with van der Waals surface area (Å²) < 4.78 is 5.81. The first-order chi connectivity index (χ1) is 11.4. The molecule has 2 N–H and O–H groups in total. The summed E-state index contributed by atoms with van der Waals surface area (Å²) in [5.41, 5.74) is 1.24. The Hall–Kier alpha value is -2.37. The van der Waals surface area contributed by atoms with Crippen molar-refractivity contribution in [2.75, 3.05) is 11.9 Å². The number of aromatic nitrogens is 2. The summed E-state index contributed by atoms with van der Waals surface area (Å²) in [6.45, 7) is 6.87. The minimum atomic E-state index is 0.0154. The summed E-state index contributed by atoms with van der Waals surface area (Å²) >= 11 is 0. The molecule has 6 heteroatoms. The second-order valence-electron chi connectivity index (χ2n) is 7.15. The van der Waals surface area contributed by atoms with Gasteiger partial charge in [-0.05, 0) is 30.9 Å². The molecule has 1 aliphatic carbocycles. The van der Waals surface area contributed by atoms with E-state index in [0.29, 0.717) is 18.9 Å². The molecule has 1 unspecified atom stereocenters.